The van der Waals surface area contributed by atoms with Gasteiger partial charge in [0.25, 0.3) is 5.91 Å². The van der Waals surface area contributed by atoms with Crippen molar-refractivity contribution < 1.29 is 9.53 Å². The van der Waals surface area contributed by atoms with Crippen molar-refractivity contribution in [1.29, 1.82) is 0 Å². The Labute approximate surface area is 196 Å². The maximum absolute atomic E-state index is 12.6. The topological polar surface area (TPSA) is 56.1 Å². The smallest absolute Gasteiger partial charge is 0.256 e. The first-order valence-electron chi connectivity index (χ1n) is 10.0. The van der Waals surface area contributed by atoms with Crippen LogP contribution in [0.5, 0.6) is 5.75 Å². The number of anilines is 1. The van der Waals surface area contributed by atoms with Gasteiger partial charge in [0.05, 0.1) is 6.54 Å². The summed E-state index contributed by atoms with van der Waals surface area (Å²) < 4.78 is 7.56. The Morgan fingerprint density at radius 3 is 2.41 bits per heavy atom. The van der Waals surface area contributed by atoms with Crippen LogP contribution in [0.3, 0.4) is 0 Å². The van der Waals surface area contributed by atoms with Crippen molar-refractivity contribution in [1.82, 2.24) is 9.78 Å². The third-order valence-electron chi connectivity index (χ3n) is 4.89. The van der Waals surface area contributed by atoms with E-state index >= 15 is 0 Å². The van der Waals surface area contributed by atoms with Crippen molar-refractivity contribution in [2.24, 2.45) is 0 Å². The summed E-state index contributed by atoms with van der Waals surface area (Å²) >= 11 is 12.0. The van der Waals surface area contributed by atoms with Crippen LogP contribution in [0.4, 0.5) is 5.82 Å². The molecule has 4 aromatic rings. The molecule has 1 N–H and O–H groups in total. The van der Waals surface area contributed by atoms with E-state index in [-0.39, 0.29) is 5.91 Å². The van der Waals surface area contributed by atoms with Gasteiger partial charge in [0, 0.05) is 27.9 Å². The predicted molar refractivity (Wildman–Crippen MR) is 128 cm³/mol. The Balaban J connectivity index is 1.32. The predicted octanol–water partition coefficient (Wildman–Crippen LogP) is 6.38. The molecule has 1 heterocycles. The van der Waals surface area contributed by atoms with Crippen molar-refractivity contribution in [2.75, 3.05) is 5.32 Å². The summed E-state index contributed by atoms with van der Waals surface area (Å²) in [7, 11) is 0. The number of hydrogen-bond acceptors (Lipinski definition) is 3. The number of carbonyl (C=O) groups is 1. The summed E-state index contributed by atoms with van der Waals surface area (Å²) in [6, 6.07) is 22.2. The van der Waals surface area contributed by atoms with Crippen molar-refractivity contribution in [2.45, 2.75) is 20.1 Å². The molecule has 0 aliphatic heterocycles. The standard InChI is InChI=1S/C25H21Cl2N3O2/c1-17-14-22(10-11-23(17)27)32-16-19-2-6-20(7-3-19)25(31)28-24-12-13-30(29-24)15-18-4-8-21(26)9-5-18/h2-14H,15-16H2,1H3,(H,28,29,31). The van der Waals surface area contributed by atoms with Crippen LogP contribution in [0.25, 0.3) is 0 Å². The molecule has 32 heavy (non-hydrogen) atoms. The molecule has 0 saturated carbocycles. The van der Waals surface area contributed by atoms with Crippen LogP contribution in [-0.4, -0.2) is 15.7 Å². The number of halogens is 2. The first kappa shape index (κ1) is 21.9. The molecule has 0 saturated heterocycles. The van der Waals surface area contributed by atoms with Gasteiger partial charge in [-0.15, -0.1) is 0 Å². The molecule has 0 spiro atoms. The van der Waals surface area contributed by atoms with Crippen molar-refractivity contribution in [3.8, 4) is 5.75 Å². The van der Waals surface area contributed by atoms with Crippen molar-refractivity contribution >= 4 is 34.9 Å². The van der Waals surface area contributed by atoms with Gasteiger partial charge in [0.1, 0.15) is 12.4 Å². The van der Waals surface area contributed by atoms with E-state index in [1.54, 1.807) is 22.9 Å². The number of nitrogens with zero attached hydrogens (tertiary/aromatic N) is 2. The molecule has 0 unspecified atom stereocenters. The Morgan fingerprint density at radius 1 is 0.969 bits per heavy atom. The highest BCUT2D eigenvalue weighted by atomic mass is 35.5. The highest BCUT2D eigenvalue weighted by Gasteiger charge is 2.09. The van der Waals surface area contributed by atoms with E-state index in [4.69, 9.17) is 27.9 Å². The summed E-state index contributed by atoms with van der Waals surface area (Å²) in [6.45, 7) is 2.93. The second-order valence-corrected chi connectivity index (χ2v) is 8.22. The quantitative estimate of drug-likeness (QED) is 0.344. The lowest BCUT2D eigenvalue weighted by atomic mass is 10.1. The monoisotopic (exact) mass is 465 g/mol. The molecule has 1 aromatic heterocycles. The molecule has 0 aliphatic rings. The number of amides is 1. The van der Waals surface area contributed by atoms with Crippen molar-refractivity contribution in [3.05, 3.63) is 111 Å². The lowest BCUT2D eigenvalue weighted by Crippen LogP contribution is -2.13. The maximum atomic E-state index is 12.6. The van der Waals surface area contributed by atoms with Crippen LogP contribution in [0, 0.1) is 6.92 Å². The number of carbonyl (C=O) groups excluding carboxylic acids is 1. The van der Waals surface area contributed by atoms with Crippen LogP contribution in [0.2, 0.25) is 10.0 Å². The van der Waals surface area contributed by atoms with Gasteiger partial charge < -0.3 is 10.1 Å². The fourth-order valence-electron chi connectivity index (χ4n) is 3.11. The highest BCUT2D eigenvalue weighted by molar-refractivity contribution is 6.31. The molecular formula is C25H21Cl2N3O2. The number of hydrogen-bond donors (Lipinski definition) is 1. The minimum absolute atomic E-state index is 0.220. The van der Waals surface area contributed by atoms with Gasteiger partial charge in [-0.3, -0.25) is 9.48 Å². The van der Waals surface area contributed by atoms with Gasteiger partial charge in [0.15, 0.2) is 5.82 Å². The number of ether oxygens (including phenoxy) is 1. The number of benzene rings is 3. The van der Waals surface area contributed by atoms with E-state index in [1.807, 2.05) is 67.7 Å². The zero-order chi connectivity index (χ0) is 22.5. The Bertz CT molecular complexity index is 1220. The molecule has 0 radical (unpaired) electrons. The Kier molecular flexibility index (Phi) is 6.78. The molecule has 162 valence electrons. The summed E-state index contributed by atoms with van der Waals surface area (Å²) in [5.41, 5.74) is 3.54. The number of aryl methyl sites for hydroxylation is 1. The van der Waals surface area contributed by atoms with E-state index in [0.29, 0.717) is 34.6 Å². The second-order valence-electron chi connectivity index (χ2n) is 7.38. The lowest BCUT2D eigenvalue weighted by Gasteiger charge is -2.08. The van der Waals surface area contributed by atoms with E-state index in [0.717, 1.165) is 22.4 Å². The molecule has 0 aliphatic carbocycles. The third-order valence-corrected chi connectivity index (χ3v) is 5.57. The minimum Gasteiger partial charge on any atom is -0.489 e. The van der Waals surface area contributed by atoms with E-state index in [9.17, 15) is 4.79 Å². The fraction of sp³-hybridized carbons (Fsp3) is 0.120. The Morgan fingerprint density at radius 2 is 1.69 bits per heavy atom. The molecule has 7 heteroatoms. The summed E-state index contributed by atoms with van der Waals surface area (Å²) in [5.74, 6) is 1.03. The van der Waals surface area contributed by atoms with Gasteiger partial charge in [-0.05, 0) is 66.1 Å². The van der Waals surface area contributed by atoms with Crippen molar-refractivity contribution in [3.63, 3.8) is 0 Å². The molecular weight excluding hydrogens is 445 g/mol. The minimum atomic E-state index is -0.220. The fourth-order valence-corrected chi connectivity index (χ4v) is 3.35. The van der Waals surface area contributed by atoms with Crippen LogP contribution >= 0.6 is 23.2 Å². The van der Waals surface area contributed by atoms with Crippen LogP contribution in [0.15, 0.2) is 79.0 Å². The zero-order valence-corrected chi connectivity index (χ0v) is 18.9. The van der Waals surface area contributed by atoms with E-state index in [1.165, 1.54) is 0 Å². The van der Waals surface area contributed by atoms with Crippen LogP contribution in [-0.2, 0) is 13.2 Å². The molecule has 1 amide bonds. The molecule has 0 atom stereocenters. The molecule has 4 rings (SSSR count). The Hall–Kier alpha value is -3.28. The first-order valence-corrected chi connectivity index (χ1v) is 10.8. The van der Waals surface area contributed by atoms with Gasteiger partial charge in [-0.25, -0.2) is 0 Å². The second kappa shape index (κ2) is 9.90. The highest BCUT2D eigenvalue weighted by Crippen LogP contribution is 2.22. The first-order chi connectivity index (χ1) is 15.5. The van der Waals surface area contributed by atoms with Crippen LogP contribution < -0.4 is 10.1 Å². The average Bonchev–Trinajstić information content (AvgIpc) is 3.23. The molecule has 5 nitrogen and oxygen atoms in total. The number of nitrogens with one attached hydrogen (secondary N) is 1. The van der Waals surface area contributed by atoms with Gasteiger partial charge in [-0.1, -0.05) is 47.5 Å². The molecule has 0 bridgehead atoms. The SMILES string of the molecule is Cc1cc(OCc2ccc(C(=O)Nc3ccn(Cc4ccc(Cl)cc4)n3)cc2)ccc1Cl. The van der Waals surface area contributed by atoms with E-state index < -0.39 is 0 Å². The van der Waals surface area contributed by atoms with E-state index in [2.05, 4.69) is 10.4 Å². The normalized spacial score (nSPS) is 10.7. The molecule has 3 aromatic carbocycles. The third kappa shape index (κ3) is 5.69. The molecule has 0 fully saturated rings. The van der Waals surface area contributed by atoms with Gasteiger partial charge in [-0.2, -0.15) is 5.10 Å². The zero-order valence-electron chi connectivity index (χ0n) is 17.4. The lowest BCUT2D eigenvalue weighted by molar-refractivity contribution is 0.102. The summed E-state index contributed by atoms with van der Waals surface area (Å²) in [6.07, 6.45) is 1.82. The summed E-state index contributed by atoms with van der Waals surface area (Å²) in [5, 5.41) is 8.64. The van der Waals surface area contributed by atoms with Gasteiger partial charge >= 0.3 is 0 Å². The maximum Gasteiger partial charge on any atom is 0.256 e. The van der Waals surface area contributed by atoms with Crippen LogP contribution in [0.1, 0.15) is 27.0 Å². The largest absolute Gasteiger partial charge is 0.489 e. The summed E-state index contributed by atoms with van der Waals surface area (Å²) in [4.78, 5) is 12.6. The number of rotatable bonds is 7. The van der Waals surface area contributed by atoms with Gasteiger partial charge in [0.2, 0.25) is 0 Å². The average molecular weight is 466 g/mol. The number of aromatic nitrogens is 2.